The molecule has 3 aliphatic heterocycles. The molecule has 0 amide bonds. The van der Waals surface area contributed by atoms with Crippen LogP contribution in [0.3, 0.4) is 0 Å². The van der Waals surface area contributed by atoms with Gasteiger partial charge in [0.05, 0.1) is 5.69 Å². The number of benzene rings is 1. The second kappa shape index (κ2) is 11.9. The lowest BCUT2D eigenvalue weighted by Gasteiger charge is -2.34. The second-order valence-electron chi connectivity index (χ2n) is 11.1. The highest BCUT2D eigenvalue weighted by Gasteiger charge is 2.22. The summed E-state index contributed by atoms with van der Waals surface area (Å²) in [5.41, 5.74) is 4.97. The molecule has 1 N–H and O–H groups in total. The Morgan fingerprint density at radius 3 is 2.31 bits per heavy atom. The maximum atomic E-state index is 5.14. The Bertz CT molecular complexity index is 976. The molecule has 5 rings (SSSR count). The highest BCUT2D eigenvalue weighted by Crippen LogP contribution is 2.28. The van der Waals surface area contributed by atoms with Crippen LogP contribution >= 0.6 is 0 Å². The molecule has 0 radical (unpaired) electrons. The van der Waals surface area contributed by atoms with E-state index in [1.807, 2.05) is 0 Å². The van der Waals surface area contributed by atoms with Crippen molar-refractivity contribution >= 4 is 11.5 Å². The lowest BCUT2D eigenvalue weighted by molar-refractivity contribution is 0.232. The van der Waals surface area contributed by atoms with Crippen LogP contribution in [0.15, 0.2) is 24.3 Å². The summed E-state index contributed by atoms with van der Waals surface area (Å²) in [4.78, 5) is 20.3. The molecule has 7 nitrogen and oxygen atoms in total. The van der Waals surface area contributed by atoms with Gasteiger partial charge in [-0.2, -0.15) is 0 Å². The Hall–Kier alpha value is -2.22. The maximum absolute atomic E-state index is 5.14. The van der Waals surface area contributed by atoms with Gasteiger partial charge in [-0.15, -0.1) is 0 Å². The Morgan fingerprint density at radius 2 is 1.58 bits per heavy atom. The predicted octanol–water partition coefficient (Wildman–Crippen LogP) is 3.60. The molecule has 36 heavy (non-hydrogen) atoms. The molecule has 4 heterocycles. The summed E-state index contributed by atoms with van der Waals surface area (Å²) >= 11 is 0. The molecule has 1 aromatic carbocycles. The van der Waals surface area contributed by atoms with Gasteiger partial charge in [0.1, 0.15) is 5.82 Å². The van der Waals surface area contributed by atoms with Crippen LogP contribution < -0.4 is 10.2 Å². The Labute approximate surface area is 217 Å². The van der Waals surface area contributed by atoms with Crippen LogP contribution in [0.25, 0.3) is 11.4 Å². The highest BCUT2D eigenvalue weighted by molar-refractivity contribution is 5.63. The summed E-state index contributed by atoms with van der Waals surface area (Å²) < 4.78 is 0. The van der Waals surface area contributed by atoms with Crippen molar-refractivity contribution in [1.82, 2.24) is 24.7 Å². The molecule has 2 fully saturated rings. The first-order valence-electron chi connectivity index (χ1n) is 14.2. The van der Waals surface area contributed by atoms with E-state index in [9.17, 15) is 0 Å². The van der Waals surface area contributed by atoms with Crippen LogP contribution in [0.2, 0.25) is 0 Å². The Balaban J connectivity index is 1.33. The minimum absolute atomic E-state index is 0.561. The zero-order valence-corrected chi connectivity index (χ0v) is 22.7. The number of anilines is 2. The predicted molar refractivity (Wildman–Crippen MR) is 150 cm³/mol. The quantitative estimate of drug-likeness (QED) is 0.566. The van der Waals surface area contributed by atoms with E-state index in [0.717, 1.165) is 82.3 Å². The van der Waals surface area contributed by atoms with E-state index in [1.165, 1.54) is 49.4 Å². The number of likely N-dealkylation sites (N-methyl/N-ethyl adjacent to an activating group) is 1. The van der Waals surface area contributed by atoms with Crippen LogP contribution in [0.1, 0.15) is 44.4 Å². The smallest absolute Gasteiger partial charge is 0.161 e. The third-order valence-electron chi connectivity index (χ3n) is 8.24. The second-order valence-corrected chi connectivity index (χ2v) is 11.1. The van der Waals surface area contributed by atoms with E-state index in [2.05, 4.69) is 70.1 Å². The van der Waals surface area contributed by atoms with Crippen molar-refractivity contribution in [2.75, 3.05) is 82.7 Å². The molecule has 0 bridgehead atoms. The van der Waals surface area contributed by atoms with E-state index in [1.54, 1.807) is 0 Å². The summed E-state index contributed by atoms with van der Waals surface area (Å²) in [6.45, 7) is 15.8. The molecule has 0 aliphatic carbocycles. The van der Waals surface area contributed by atoms with Gasteiger partial charge in [0.15, 0.2) is 5.82 Å². The highest BCUT2D eigenvalue weighted by atomic mass is 15.2. The third kappa shape index (κ3) is 6.18. The van der Waals surface area contributed by atoms with Gasteiger partial charge >= 0.3 is 0 Å². The average Bonchev–Trinajstić information content (AvgIpc) is 3.31. The van der Waals surface area contributed by atoms with Crippen molar-refractivity contribution in [2.45, 2.75) is 52.0 Å². The van der Waals surface area contributed by atoms with Crippen LogP contribution in [-0.2, 0) is 12.8 Å². The van der Waals surface area contributed by atoms with Gasteiger partial charge < -0.3 is 24.9 Å². The standard InChI is InChI=1S/C29H45N7/c1-23(2)35-17-11-26-27(12-18-35)31-28(32-29(26)30-13-6-16-34-14-4-5-15-34)24-7-9-25(10-8-24)36-21-19-33(3)20-22-36/h7-10,23H,4-6,11-22H2,1-3H3,(H,30,31,32). The average molecular weight is 492 g/mol. The topological polar surface area (TPSA) is 50.8 Å². The fourth-order valence-corrected chi connectivity index (χ4v) is 5.81. The van der Waals surface area contributed by atoms with Crippen LogP contribution in [0.4, 0.5) is 11.5 Å². The maximum Gasteiger partial charge on any atom is 0.161 e. The molecule has 0 spiro atoms. The molecule has 1 aromatic heterocycles. The van der Waals surface area contributed by atoms with Gasteiger partial charge in [0, 0.05) is 75.1 Å². The number of fused-ring (bicyclic) bond motifs is 1. The van der Waals surface area contributed by atoms with Gasteiger partial charge in [-0.25, -0.2) is 9.97 Å². The molecule has 0 saturated carbocycles. The molecular weight excluding hydrogens is 446 g/mol. The molecule has 3 aliphatic rings. The Morgan fingerprint density at radius 1 is 0.861 bits per heavy atom. The van der Waals surface area contributed by atoms with Gasteiger partial charge in [-0.3, -0.25) is 0 Å². The molecule has 2 aromatic rings. The van der Waals surface area contributed by atoms with Crippen molar-refractivity contribution in [3.63, 3.8) is 0 Å². The number of hydrogen-bond acceptors (Lipinski definition) is 7. The molecule has 0 atom stereocenters. The summed E-state index contributed by atoms with van der Waals surface area (Å²) in [7, 11) is 2.20. The number of likely N-dealkylation sites (tertiary alicyclic amines) is 1. The third-order valence-corrected chi connectivity index (χ3v) is 8.24. The van der Waals surface area contributed by atoms with Gasteiger partial charge in [-0.1, -0.05) is 0 Å². The fraction of sp³-hybridized carbons (Fsp3) is 0.655. The number of hydrogen-bond donors (Lipinski definition) is 1. The molecule has 196 valence electrons. The fourth-order valence-electron chi connectivity index (χ4n) is 5.81. The van der Waals surface area contributed by atoms with E-state index >= 15 is 0 Å². The van der Waals surface area contributed by atoms with Crippen molar-refractivity contribution in [3.8, 4) is 11.4 Å². The summed E-state index contributed by atoms with van der Waals surface area (Å²) in [5, 5.41) is 3.74. The summed E-state index contributed by atoms with van der Waals surface area (Å²) in [6, 6.07) is 9.48. The van der Waals surface area contributed by atoms with E-state index < -0.39 is 0 Å². The molecule has 0 unspecified atom stereocenters. The monoisotopic (exact) mass is 491 g/mol. The number of nitrogens with zero attached hydrogens (tertiary/aromatic N) is 6. The van der Waals surface area contributed by atoms with Gasteiger partial charge in [0.25, 0.3) is 0 Å². The SMILES string of the molecule is CC(C)N1CCc2nc(-c3ccc(N4CCN(C)CC4)cc3)nc(NCCCN3CCCC3)c2CC1. The largest absolute Gasteiger partial charge is 0.370 e. The number of nitrogens with one attached hydrogen (secondary N) is 1. The van der Waals surface area contributed by atoms with Crippen LogP contribution in [0.5, 0.6) is 0 Å². The van der Waals surface area contributed by atoms with E-state index in [0.29, 0.717) is 6.04 Å². The zero-order chi connectivity index (χ0) is 24.9. The number of aromatic nitrogens is 2. The molecule has 2 saturated heterocycles. The molecule has 7 heteroatoms. The van der Waals surface area contributed by atoms with Gasteiger partial charge in [-0.05, 0) is 90.5 Å². The van der Waals surface area contributed by atoms with Crippen LogP contribution in [-0.4, -0.2) is 103 Å². The van der Waals surface area contributed by atoms with Crippen molar-refractivity contribution in [3.05, 3.63) is 35.5 Å². The van der Waals surface area contributed by atoms with Crippen LogP contribution in [0, 0.1) is 0 Å². The summed E-state index contributed by atoms with van der Waals surface area (Å²) in [5.74, 6) is 1.92. The zero-order valence-electron chi connectivity index (χ0n) is 22.7. The lowest BCUT2D eigenvalue weighted by Crippen LogP contribution is -2.44. The molecular formula is C29H45N7. The summed E-state index contributed by atoms with van der Waals surface area (Å²) in [6.07, 6.45) is 5.88. The normalized spacial score (nSPS) is 20.1. The van der Waals surface area contributed by atoms with Crippen molar-refractivity contribution in [2.24, 2.45) is 0 Å². The minimum atomic E-state index is 0.561. The van der Waals surface area contributed by atoms with E-state index in [4.69, 9.17) is 9.97 Å². The van der Waals surface area contributed by atoms with Crippen molar-refractivity contribution < 1.29 is 0 Å². The van der Waals surface area contributed by atoms with E-state index in [-0.39, 0.29) is 0 Å². The lowest BCUT2D eigenvalue weighted by atomic mass is 10.1. The number of rotatable bonds is 8. The van der Waals surface area contributed by atoms with Crippen molar-refractivity contribution in [1.29, 1.82) is 0 Å². The first-order valence-corrected chi connectivity index (χ1v) is 14.2. The first kappa shape index (κ1) is 25.4. The Kier molecular flexibility index (Phi) is 8.40. The van der Waals surface area contributed by atoms with Gasteiger partial charge in [0.2, 0.25) is 0 Å². The number of piperazine rings is 1. The first-order chi connectivity index (χ1) is 17.6. The minimum Gasteiger partial charge on any atom is -0.370 e.